The predicted molar refractivity (Wildman–Crippen MR) is 135 cm³/mol. The molecule has 38 heavy (non-hydrogen) atoms. The van der Waals surface area contributed by atoms with Gasteiger partial charge in [0.05, 0.1) is 25.4 Å². The van der Waals surface area contributed by atoms with Gasteiger partial charge in [0.15, 0.2) is 0 Å². The number of hydrogen-bond donors (Lipinski definition) is 3. The second-order valence-electron chi connectivity index (χ2n) is 9.03. The maximum Gasteiger partial charge on any atom is 0.249 e. The Balaban J connectivity index is 1.95. The van der Waals surface area contributed by atoms with Crippen molar-refractivity contribution in [2.24, 2.45) is 11.0 Å². The summed E-state index contributed by atoms with van der Waals surface area (Å²) in [5.41, 5.74) is 10.0. The van der Waals surface area contributed by atoms with E-state index >= 15 is 0 Å². The smallest absolute Gasteiger partial charge is 0.249 e. The highest BCUT2D eigenvalue weighted by atomic mass is 19.1. The Bertz CT molecular complexity index is 1080. The maximum absolute atomic E-state index is 13.4. The van der Waals surface area contributed by atoms with Crippen LogP contribution in [0.1, 0.15) is 31.4 Å². The number of rotatable bonds is 15. The van der Waals surface area contributed by atoms with Crippen LogP contribution in [0.25, 0.3) is 10.4 Å². The molecule has 0 radical (unpaired) electrons. The van der Waals surface area contributed by atoms with E-state index in [-0.39, 0.29) is 37.0 Å². The number of aliphatic hydroxyl groups is 1. The molecule has 0 heterocycles. The fourth-order valence-electron chi connectivity index (χ4n) is 3.64. The topological polar surface area (TPSA) is 146 Å². The fourth-order valence-corrected chi connectivity index (χ4v) is 3.64. The van der Waals surface area contributed by atoms with Crippen LogP contribution in [0.15, 0.2) is 53.6 Å². The number of azide groups is 1. The third kappa shape index (κ3) is 10.1. The van der Waals surface area contributed by atoms with Crippen molar-refractivity contribution in [2.45, 2.75) is 57.7 Å². The van der Waals surface area contributed by atoms with Gasteiger partial charge < -0.3 is 25.2 Å². The Hall–Kier alpha value is -3.57. The zero-order chi connectivity index (χ0) is 28.1. The zero-order valence-electron chi connectivity index (χ0n) is 21.5. The first-order chi connectivity index (χ1) is 18.1. The molecule has 12 heteroatoms. The van der Waals surface area contributed by atoms with Gasteiger partial charge >= 0.3 is 0 Å². The fraction of sp³-hybridized carbons (Fsp3) is 0.462. The van der Waals surface area contributed by atoms with Gasteiger partial charge in [0.2, 0.25) is 11.8 Å². The van der Waals surface area contributed by atoms with Crippen LogP contribution in [0.4, 0.5) is 8.78 Å². The van der Waals surface area contributed by atoms with Crippen LogP contribution in [-0.4, -0.2) is 54.9 Å². The molecular formula is C26H33F2N5O5. The Morgan fingerprint density at radius 2 is 1.74 bits per heavy atom. The third-order valence-electron chi connectivity index (χ3n) is 5.71. The summed E-state index contributed by atoms with van der Waals surface area (Å²) in [5, 5.41) is 19.6. The van der Waals surface area contributed by atoms with Gasteiger partial charge in [0.1, 0.15) is 23.8 Å². The average Bonchev–Trinajstić information content (AvgIpc) is 2.88. The number of amides is 2. The molecule has 0 fully saturated rings. The Kier molecular flexibility index (Phi) is 12.6. The number of methoxy groups -OCH3 is 1. The number of nitrogens with zero attached hydrogens (tertiary/aromatic N) is 3. The van der Waals surface area contributed by atoms with E-state index in [1.54, 1.807) is 13.8 Å². The summed E-state index contributed by atoms with van der Waals surface area (Å²) in [5.74, 6) is -2.78. The van der Waals surface area contributed by atoms with Crippen LogP contribution in [0, 0.1) is 17.6 Å². The Morgan fingerprint density at radius 3 is 2.32 bits per heavy atom. The normalized spacial score (nSPS) is 14.2. The lowest BCUT2D eigenvalue weighted by Crippen LogP contribution is -2.53. The molecule has 0 saturated carbocycles. The van der Waals surface area contributed by atoms with Crippen LogP contribution in [0.5, 0.6) is 0 Å². The summed E-state index contributed by atoms with van der Waals surface area (Å²) in [6.07, 6.45) is -2.78. The van der Waals surface area contributed by atoms with E-state index in [1.807, 2.05) is 30.3 Å². The summed E-state index contributed by atoms with van der Waals surface area (Å²) in [6, 6.07) is 10.2. The monoisotopic (exact) mass is 533 g/mol. The summed E-state index contributed by atoms with van der Waals surface area (Å²) in [4.78, 5) is 28.4. The van der Waals surface area contributed by atoms with Crippen molar-refractivity contribution in [2.75, 3.05) is 13.7 Å². The van der Waals surface area contributed by atoms with E-state index in [4.69, 9.17) is 15.0 Å². The second kappa shape index (κ2) is 15.6. The number of hydrogen-bond acceptors (Lipinski definition) is 6. The van der Waals surface area contributed by atoms with E-state index < -0.39 is 41.8 Å². The molecule has 0 bridgehead atoms. The molecule has 4 atom stereocenters. The molecule has 0 saturated heterocycles. The molecule has 0 aliphatic rings. The van der Waals surface area contributed by atoms with Crippen LogP contribution in [-0.2, 0) is 32.2 Å². The minimum Gasteiger partial charge on any atom is -0.392 e. The van der Waals surface area contributed by atoms with Crippen molar-refractivity contribution in [3.63, 3.8) is 0 Å². The summed E-state index contributed by atoms with van der Waals surface area (Å²) in [7, 11) is 1.27. The lowest BCUT2D eigenvalue weighted by atomic mass is 10.0. The standard InChI is InChI=1S/C26H33F2N5O5/c1-16(2)24(26(36)30-13-17-7-5-4-6-8-17)31-25(35)23(37-3)12-22(34)21(32-33-29)15-38-14-18-9-19(27)11-20(28)10-18/h4-11,16,21-24,34H,12-15H2,1-3H3,(H,30,36)(H,31,35)/t21-,22-,23+,24-/m0/s1. The van der Waals surface area contributed by atoms with Gasteiger partial charge in [0.25, 0.3) is 0 Å². The molecule has 0 unspecified atom stereocenters. The van der Waals surface area contributed by atoms with Gasteiger partial charge in [-0.15, -0.1) is 0 Å². The summed E-state index contributed by atoms with van der Waals surface area (Å²) < 4.78 is 37.3. The van der Waals surface area contributed by atoms with E-state index in [1.165, 1.54) is 7.11 Å². The number of carbonyl (C=O) groups is 2. The highest BCUT2D eigenvalue weighted by Gasteiger charge is 2.31. The molecule has 2 rings (SSSR count). The van der Waals surface area contributed by atoms with Crippen molar-refractivity contribution in [1.82, 2.24) is 10.6 Å². The first kappa shape index (κ1) is 30.7. The zero-order valence-corrected chi connectivity index (χ0v) is 21.5. The molecule has 3 N–H and O–H groups in total. The molecule has 2 amide bonds. The van der Waals surface area contributed by atoms with Crippen LogP contribution < -0.4 is 10.6 Å². The molecule has 0 aliphatic carbocycles. The van der Waals surface area contributed by atoms with Crippen molar-refractivity contribution in [3.8, 4) is 0 Å². The number of aliphatic hydroxyl groups excluding tert-OH is 1. The molecule has 0 aliphatic heterocycles. The lowest BCUT2D eigenvalue weighted by Gasteiger charge is -2.26. The number of carbonyl (C=O) groups excluding carboxylic acids is 2. The summed E-state index contributed by atoms with van der Waals surface area (Å²) in [6.45, 7) is 3.38. The van der Waals surface area contributed by atoms with Crippen LogP contribution >= 0.6 is 0 Å². The lowest BCUT2D eigenvalue weighted by molar-refractivity contribution is -0.137. The van der Waals surface area contributed by atoms with Gasteiger partial charge in [-0.3, -0.25) is 9.59 Å². The highest BCUT2D eigenvalue weighted by molar-refractivity contribution is 5.89. The highest BCUT2D eigenvalue weighted by Crippen LogP contribution is 2.14. The first-order valence-electron chi connectivity index (χ1n) is 12.0. The average molecular weight is 534 g/mol. The van der Waals surface area contributed by atoms with Crippen LogP contribution in [0.2, 0.25) is 0 Å². The van der Waals surface area contributed by atoms with Crippen molar-refractivity contribution < 1.29 is 33.0 Å². The van der Waals surface area contributed by atoms with Gasteiger partial charge in [-0.25, -0.2) is 8.78 Å². The Morgan fingerprint density at radius 1 is 1.08 bits per heavy atom. The van der Waals surface area contributed by atoms with Gasteiger partial charge in [-0.2, -0.15) is 0 Å². The number of nitrogens with one attached hydrogen (secondary N) is 2. The number of benzene rings is 2. The molecule has 0 spiro atoms. The van der Waals surface area contributed by atoms with E-state index in [0.717, 1.165) is 23.8 Å². The molecule has 0 aromatic heterocycles. The predicted octanol–water partition coefficient (Wildman–Crippen LogP) is 3.38. The third-order valence-corrected chi connectivity index (χ3v) is 5.71. The Labute approximate surface area is 220 Å². The van der Waals surface area contributed by atoms with Crippen LogP contribution in [0.3, 0.4) is 0 Å². The van der Waals surface area contributed by atoms with Gasteiger partial charge in [-0.1, -0.05) is 49.3 Å². The minimum absolute atomic E-state index is 0.193. The van der Waals surface area contributed by atoms with Crippen molar-refractivity contribution >= 4 is 11.8 Å². The SMILES string of the molecule is CO[C@H](C[C@H](O)[C@H](COCc1cc(F)cc(F)c1)N=[N+]=[N-])C(=O)N[C@H](C(=O)NCc1ccccc1)C(C)C. The first-order valence-corrected chi connectivity index (χ1v) is 12.0. The minimum atomic E-state index is -1.35. The molecule has 206 valence electrons. The van der Waals surface area contributed by atoms with E-state index in [0.29, 0.717) is 6.54 Å². The quantitative estimate of drug-likeness (QED) is 0.183. The number of halogens is 2. The van der Waals surface area contributed by atoms with Crippen molar-refractivity contribution in [1.29, 1.82) is 0 Å². The van der Waals surface area contributed by atoms with E-state index in [9.17, 15) is 23.5 Å². The maximum atomic E-state index is 13.4. The molecule has 2 aromatic carbocycles. The van der Waals surface area contributed by atoms with Gasteiger partial charge in [0, 0.05) is 31.1 Å². The van der Waals surface area contributed by atoms with Crippen molar-refractivity contribution in [3.05, 3.63) is 81.7 Å². The molecule has 10 nitrogen and oxygen atoms in total. The largest absolute Gasteiger partial charge is 0.392 e. The molecular weight excluding hydrogens is 500 g/mol. The van der Waals surface area contributed by atoms with Gasteiger partial charge in [-0.05, 0) is 34.7 Å². The summed E-state index contributed by atoms with van der Waals surface area (Å²) >= 11 is 0. The second-order valence-corrected chi connectivity index (χ2v) is 9.03. The number of ether oxygens (including phenoxy) is 2. The molecule has 2 aromatic rings. The van der Waals surface area contributed by atoms with E-state index in [2.05, 4.69) is 20.7 Å².